The van der Waals surface area contributed by atoms with Crippen molar-refractivity contribution in [3.8, 4) is 5.75 Å². The normalized spacial score (nSPS) is 16.2. The van der Waals surface area contributed by atoms with Crippen LogP contribution < -0.4 is 15.0 Å². The maximum absolute atomic E-state index is 12.3. The van der Waals surface area contributed by atoms with E-state index in [0.717, 1.165) is 36.1 Å². The first-order chi connectivity index (χ1) is 15.0. The van der Waals surface area contributed by atoms with Crippen molar-refractivity contribution in [3.05, 3.63) is 64.7 Å². The summed E-state index contributed by atoms with van der Waals surface area (Å²) in [6, 6.07) is 15.8. The minimum Gasteiger partial charge on any atom is -0.481 e. The molecule has 0 aliphatic carbocycles. The number of nitro benzene ring substituents is 1. The molecule has 8 heteroatoms. The van der Waals surface area contributed by atoms with Gasteiger partial charge in [-0.2, -0.15) is 0 Å². The highest BCUT2D eigenvalue weighted by molar-refractivity contribution is 5.92. The van der Waals surface area contributed by atoms with Gasteiger partial charge in [0.15, 0.2) is 6.61 Å². The van der Waals surface area contributed by atoms with Crippen molar-refractivity contribution in [2.45, 2.75) is 32.2 Å². The Morgan fingerprint density at radius 1 is 1.19 bits per heavy atom. The average Bonchev–Trinajstić information content (AvgIpc) is 2.78. The van der Waals surface area contributed by atoms with Crippen molar-refractivity contribution < 1.29 is 14.5 Å². The molecule has 160 valence electrons. The predicted octanol–water partition coefficient (Wildman–Crippen LogP) is 4.54. The number of nitrogens with one attached hydrogen (secondary N) is 1. The first-order valence-electron chi connectivity index (χ1n) is 10.3. The van der Waals surface area contributed by atoms with Crippen molar-refractivity contribution in [1.29, 1.82) is 0 Å². The molecule has 31 heavy (non-hydrogen) atoms. The van der Waals surface area contributed by atoms with Gasteiger partial charge in [0, 0.05) is 35.8 Å². The van der Waals surface area contributed by atoms with Crippen LogP contribution in [0.1, 0.15) is 26.2 Å². The molecule has 0 bridgehead atoms. The van der Waals surface area contributed by atoms with Gasteiger partial charge in [-0.05, 0) is 56.5 Å². The standard InChI is InChI=1S/C23H24N4O4/c1-16-5-2-3-14-26(16)21-13-8-17-6-4-7-20(23(17)25-21)31-15-22(28)24-18-9-11-19(12-10-18)27(29)30/h4,6-13,16H,2-3,5,14-15H2,1H3,(H,24,28). The lowest BCUT2D eigenvalue weighted by molar-refractivity contribution is -0.384. The zero-order valence-electron chi connectivity index (χ0n) is 17.3. The molecule has 1 atom stereocenters. The van der Waals surface area contributed by atoms with Crippen LogP contribution in [0.5, 0.6) is 5.75 Å². The number of para-hydroxylation sites is 1. The Kier molecular flexibility index (Phi) is 5.97. The topological polar surface area (TPSA) is 97.6 Å². The highest BCUT2D eigenvalue weighted by Gasteiger charge is 2.20. The van der Waals surface area contributed by atoms with Crippen molar-refractivity contribution in [3.63, 3.8) is 0 Å². The number of aromatic nitrogens is 1. The van der Waals surface area contributed by atoms with Crippen molar-refractivity contribution in [1.82, 2.24) is 4.98 Å². The van der Waals surface area contributed by atoms with E-state index < -0.39 is 4.92 Å². The van der Waals surface area contributed by atoms with E-state index in [2.05, 4.69) is 17.1 Å². The summed E-state index contributed by atoms with van der Waals surface area (Å²) in [5.74, 6) is 1.11. The molecule has 3 aromatic rings. The Balaban J connectivity index is 1.46. The van der Waals surface area contributed by atoms with E-state index in [4.69, 9.17) is 9.72 Å². The Morgan fingerprint density at radius 2 is 2.00 bits per heavy atom. The van der Waals surface area contributed by atoms with E-state index in [0.29, 0.717) is 17.5 Å². The second-order valence-corrected chi connectivity index (χ2v) is 7.68. The second-order valence-electron chi connectivity index (χ2n) is 7.68. The number of amides is 1. The number of piperidine rings is 1. The van der Waals surface area contributed by atoms with Gasteiger partial charge in [-0.1, -0.05) is 12.1 Å². The highest BCUT2D eigenvalue weighted by atomic mass is 16.6. The van der Waals surface area contributed by atoms with Gasteiger partial charge >= 0.3 is 0 Å². The zero-order chi connectivity index (χ0) is 21.8. The summed E-state index contributed by atoms with van der Waals surface area (Å²) >= 11 is 0. The minimum absolute atomic E-state index is 0.0325. The molecule has 2 aromatic carbocycles. The van der Waals surface area contributed by atoms with Crippen LogP contribution >= 0.6 is 0 Å². The van der Waals surface area contributed by atoms with E-state index >= 15 is 0 Å². The molecule has 1 N–H and O–H groups in total. The number of nitrogens with zero attached hydrogens (tertiary/aromatic N) is 3. The Hall–Kier alpha value is -3.68. The van der Waals surface area contributed by atoms with Crippen molar-refractivity contribution in [2.75, 3.05) is 23.4 Å². The van der Waals surface area contributed by atoms with Crippen LogP contribution in [0.4, 0.5) is 17.2 Å². The monoisotopic (exact) mass is 420 g/mol. The Labute approximate surface area is 180 Å². The molecular weight excluding hydrogens is 396 g/mol. The van der Waals surface area contributed by atoms with Gasteiger partial charge < -0.3 is 15.0 Å². The summed E-state index contributed by atoms with van der Waals surface area (Å²) in [5.41, 5.74) is 1.16. The van der Waals surface area contributed by atoms with E-state index in [1.54, 1.807) is 6.07 Å². The lowest BCUT2D eigenvalue weighted by atomic mass is 10.0. The van der Waals surface area contributed by atoms with E-state index in [9.17, 15) is 14.9 Å². The molecule has 1 aromatic heterocycles. The molecule has 1 amide bonds. The maximum atomic E-state index is 12.3. The Morgan fingerprint density at radius 3 is 2.74 bits per heavy atom. The van der Waals surface area contributed by atoms with Gasteiger partial charge in [-0.25, -0.2) is 4.98 Å². The number of carbonyl (C=O) groups excluding carboxylic acids is 1. The lowest BCUT2D eigenvalue weighted by Gasteiger charge is -2.34. The highest BCUT2D eigenvalue weighted by Crippen LogP contribution is 2.29. The van der Waals surface area contributed by atoms with Gasteiger partial charge in [0.1, 0.15) is 17.1 Å². The third kappa shape index (κ3) is 4.74. The summed E-state index contributed by atoms with van der Waals surface area (Å²) in [6.07, 6.45) is 3.55. The van der Waals surface area contributed by atoms with Gasteiger partial charge in [0.05, 0.1) is 4.92 Å². The van der Waals surface area contributed by atoms with Gasteiger partial charge in [-0.15, -0.1) is 0 Å². The number of pyridine rings is 1. The molecule has 0 saturated carbocycles. The first-order valence-corrected chi connectivity index (χ1v) is 10.3. The van der Waals surface area contributed by atoms with Crippen molar-refractivity contribution in [2.24, 2.45) is 0 Å². The molecule has 0 spiro atoms. The third-order valence-electron chi connectivity index (χ3n) is 5.49. The van der Waals surface area contributed by atoms with E-state index in [1.807, 2.05) is 24.3 Å². The van der Waals surface area contributed by atoms with E-state index in [-0.39, 0.29) is 18.2 Å². The lowest BCUT2D eigenvalue weighted by Crippen LogP contribution is -2.37. The summed E-state index contributed by atoms with van der Waals surface area (Å²) in [6.45, 7) is 3.01. The van der Waals surface area contributed by atoms with Crippen LogP contribution in [0.25, 0.3) is 10.9 Å². The number of hydrogen-bond donors (Lipinski definition) is 1. The zero-order valence-corrected chi connectivity index (χ0v) is 17.3. The summed E-state index contributed by atoms with van der Waals surface area (Å²) in [5, 5.41) is 14.4. The van der Waals surface area contributed by atoms with Gasteiger partial charge in [0.2, 0.25) is 0 Å². The average molecular weight is 420 g/mol. The fourth-order valence-electron chi connectivity index (χ4n) is 3.83. The van der Waals surface area contributed by atoms with Crippen molar-refractivity contribution >= 4 is 34.0 Å². The summed E-state index contributed by atoms with van der Waals surface area (Å²) in [4.78, 5) is 29.7. The van der Waals surface area contributed by atoms with Gasteiger partial charge in [-0.3, -0.25) is 14.9 Å². The first kappa shape index (κ1) is 20.6. The molecule has 8 nitrogen and oxygen atoms in total. The van der Waals surface area contributed by atoms with Crippen LogP contribution in [0, 0.1) is 10.1 Å². The fourth-order valence-corrected chi connectivity index (χ4v) is 3.83. The maximum Gasteiger partial charge on any atom is 0.269 e. The quantitative estimate of drug-likeness (QED) is 0.464. The molecule has 1 saturated heterocycles. The number of anilines is 2. The number of rotatable bonds is 6. The largest absolute Gasteiger partial charge is 0.481 e. The fraction of sp³-hybridized carbons (Fsp3) is 0.304. The SMILES string of the molecule is CC1CCCCN1c1ccc2cccc(OCC(=O)Nc3ccc([N+](=O)[O-])cc3)c2n1. The van der Waals surface area contributed by atoms with Crippen LogP contribution in [0.15, 0.2) is 54.6 Å². The second kappa shape index (κ2) is 8.99. The molecule has 1 fully saturated rings. The third-order valence-corrected chi connectivity index (χ3v) is 5.49. The molecule has 1 aliphatic rings. The Bertz CT molecular complexity index is 1100. The smallest absolute Gasteiger partial charge is 0.269 e. The van der Waals surface area contributed by atoms with E-state index in [1.165, 1.54) is 30.7 Å². The number of non-ortho nitro benzene ring substituents is 1. The molecule has 1 unspecified atom stereocenters. The number of fused-ring (bicyclic) bond motifs is 1. The number of benzene rings is 2. The minimum atomic E-state index is -0.485. The number of ether oxygens (including phenoxy) is 1. The van der Waals surface area contributed by atoms with Crippen LogP contribution in [0.3, 0.4) is 0 Å². The number of carbonyl (C=O) groups is 1. The summed E-state index contributed by atoms with van der Waals surface area (Å²) in [7, 11) is 0. The summed E-state index contributed by atoms with van der Waals surface area (Å²) < 4.78 is 5.78. The molecule has 2 heterocycles. The molecule has 1 aliphatic heterocycles. The molecule has 4 rings (SSSR count). The molecular formula is C23H24N4O4. The van der Waals surface area contributed by atoms with Gasteiger partial charge in [0.25, 0.3) is 11.6 Å². The van der Waals surface area contributed by atoms with Crippen LogP contribution in [0.2, 0.25) is 0 Å². The number of hydrogen-bond acceptors (Lipinski definition) is 6. The van der Waals surface area contributed by atoms with Crippen LogP contribution in [-0.4, -0.2) is 35.0 Å². The molecule has 0 radical (unpaired) electrons. The number of nitro groups is 1. The van der Waals surface area contributed by atoms with Crippen LogP contribution in [-0.2, 0) is 4.79 Å². The predicted molar refractivity (Wildman–Crippen MR) is 120 cm³/mol.